The molecule has 0 amide bonds. The summed E-state index contributed by atoms with van der Waals surface area (Å²) >= 11 is 17.9. The number of pyridine rings is 1. The Kier molecular flexibility index (Phi) is 6.45. The molecule has 2 aromatic carbocycles. The zero-order chi connectivity index (χ0) is 18.4. The average Bonchev–Trinajstić information content (AvgIpc) is 2.65. The van der Waals surface area contributed by atoms with E-state index in [-0.39, 0.29) is 0 Å². The number of halogens is 2. The molecule has 0 spiro atoms. The monoisotopic (exact) mass is 401 g/mol. The van der Waals surface area contributed by atoms with Gasteiger partial charge in [0.2, 0.25) is 0 Å². The fourth-order valence-electron chi connectivity index (χ4n) is 2.48. The van der Waals surface area contributed by atoms with Crippen molar-refractivity contribution in [3.05, 3.63) is 94.2 Å². The van der Waals surface area contributed by atoms with Crippen molar-refractivity contribution in [2.24, 2.45) is 0 Å². The van der Waals surface area contributed by atoms with E-state index in [4.69, 9.17) is 35.4 Å². The van der Waals surface area contributed by atoms with E-state index in [1.54, 1.807) is 6.20 Å². The van der Waals surface area contributed by atoms with Gasteiger partial charge < -0.3 is 10.2 Å². The minimum absolute atomic E-state index is 0.591. The van der Waals surface area contributed by atoms with Crippen molar-refractivity contribution in [3.63, 3.8) is 0 Å². The minimum Gasteiger partial charge on any atom is -0.340 e. The molecule has 0 radical (unpaired) electrons. The van der Waals surface area contributed by atoms with Gasteiger partial charge in [0.15, 0.2) is 5.11 Å². The van der Waals surface area contributed by atoms with E-state index in [1.165, 1.54) is 0 Å². The molecule has 0 aliphatic rings. The van der Waals surface area contributed by atoms with Crippen LogP contribution in [0.25, 0.3) is 0 Å². The highest BCUT2D eigenvalue weighted by molar-refractivity contribution is 7.80. The van der Waals surface area contributed by atoms with E-state index in [9.17, 15) is 0 Å². The third kappa shape index (κ3) is 5.18. The van der Waals surface area contributed by atoms with Crippen molar-refractivity contribution in [2.75, 3.05) is 5.32 Å². The van der Waals surface area contributed by atoms with Crippen LogP contribution >= 0.6 is 35.4 Å². The zero-order valence-electron chi connectivity index (χ0n) is 13.9. The Hall–Kier alpha value is -2.14. The highest BCUT2D eigenvalue weighted by atomic mass is 35.5. The predicted molar refractivity (Wildman–Crippen MR) is 113 cm³/mol. The van der Waals surface area contributed by atoms with E-state index in [2.05, 4.69) is 15.2 Å². The molecule has 3 rings (SSSR count). The molecule has 26 heavy (non-hydrogen) atoms. The topological polar surface area (TPSA) is 28.2 Å². The first-order chi connectivity index (χ1) is 12.6. The quantitative estimate of drug-likeness (QED) is 0.547. The fraction of sp³-hybridized carbons (Fsp3) is 0.100. The van der Waals surface area contributed by atoms with Crippen LogP contribution in [0.1, 0.15) is 11.1 Å². The van der Waals surface area contributed by atoms with Crippen LogP contribution in [0.15, 0.2) is 73.1 Å². The standard InChI is InChI=1S/C20H17Cl2N3S/c21-17-7-9-18(10-8-17)24-20(26)25(13-15-4-3-11-23-12-15)14-16-5-1-2-6-19(16)22/h1-12H,13-14H2,(H,24,26). The van der Waals surface area contributed by atoms with Gasteiger partial charge in [-0.15, -0.1) is 0 Å². The van der Waals surface area contributed by atoms with Crippen molar-refractivity contribution >= 4 is 46.2 Å². The first-order valence-electron chi connectivity index (χ1n) is 8.05. The largest absolute Gasteiger partial charge is 0.340 e. The van der Waals surface area contributed by atoms with Gasteiger partial charge >= 0.3 is 0 Å². The molecule has 0 fully saturated rings. The lowest BCUT2D eigenvalue weighted by Crippen LogP contribution is -2.34. The molecule has 0 bridgehead atoms. The molecule has 3 aromatic rings. The number of nitrogens with one attached hydrogen (secondary N) is 1. The van der Waals surface area contributed by atoms with Crippen LogP contribution < -0.4 is 5.32 Å². The summed E-state index contributed by atoms with van der Waals surface area (Å²) < 4.78 is 0. The summed E-state index contributed by atoms with van der Waals surface area (Å²) in [5.74, 6) is 0. The van der Waals surface area contributed by atoms with Crippen molar-refractivity contribution in [2.45, 2.75) is 13.1 Å². The summed E-state index contributed by atoms with van der Waals surface area (Å²) in [5, 5.41) is 5.28. The molecule has 0 saturated carbocycles. The molecule has 6 heteroatoms. The maximum absolute atomic E-state index is 6.34. The van der Waals surface area contributed by atoms with Crippen LogP contribution in [-0.2, 0) is 13.1 Å². The van der Waals surface area contributed by atoms with Gasteiger partial charge in [-0.3, -0.25) is 4.98 Å². The predicted octanol–water partition coefficient (Wildman–Crippen LogP) is 5.79. The molecular weight excluding hydrogens is 385 g/mol. The van der Waals surface area contributed by atoms with Gasteiger partial charge in [-0.05, 0) is 59.7 Å². The van der Waals surface area contributed by atoms with E-state index in [0.717, 1.165) is 21.8 Å². The third-order valence-corrected chi connectivity index (χ3v) is 4.78. The first kappa shape index (κ1) is 18.6. The molecule has 1 heterocycles. The van der Waals surface area contributed by atoms with Crippen molar-refractivity contribution in [1.82, 2.24) is 9.88 Å². The van der Waals surface area contributed by atoms with Crippen LogP contribution in [0.2, 0.25) is 10.0 Å². The molecule has 0 aliphatic carbocycles. The minimum atomic E-state index is 0.591. The Balaban J connectivity index is 1.80. The van der Waals surface area contributed by atoms with Gasteiger partial charge in [0.1, 0.15) is 0 Å². The van der Waals surface area contributed by atoms with Crippen molar-refractivity contribution in [1.29, 1.82) is 0 Å². The van der Waals surface area contributed by atoms with Gasteiger partial charge in [0.25, 0.3) is 0 Å². The lowest BCUT2D eigenvalue weighted by molar-refractivity contribution is 0.412. The Bertz CT molecular complexity index is 870. The van der Waals surface area contributed by atoms with Gasteiger partial charge in [-0.25, -0.2) is 0 Å². The highest BCUT2D eigenvalue weighted by Gasteiger charge is 2.13. The number of aromatic nitrogens is 1. The van der Waals surface area contributed by atoms with Crippen molar-refractivity contribution < 1.29 is 0 Å². The Labute approximate surface area is 168 Å². The second kappa shape index (κ2) is 8.99. The number of rotatable bonds is 5. The molecule has 0 atom stereocenters. The second-order valence-corrected chi connectivity index (χ2v) is 6.98. The van der Waals surface area contributed by atoms with Crippen molar-refractivity contribution in [3.8, 4) is 0 Å². The Morgan fingerprint density at radius 1 is 0.962 bits per heavy atom. The number of thiocarbonyl (C=S) groups is 1. The summed E-state index contributed by atoms with van der Waals surface area (Å²) in [6.45, 7) is 1.21. The van der Waals surface area contributed by atoms with E-state index in [1.807, 2.05) is 66.9 Å². The Morgan fingerprint density at radius 3 is 2.42 bits per heavy atom. The smallest absolute Gasteiger partial charge is 0.174 e. The normalized spacial score (nSPS) is 10.4. The molecule has 132 valence electrons. The van der Waals surface area contributed by atoms with Crippen LogP contribution in [-0.4, -0.2) is 15.0 Å². The summed E-state index contributed by atoms with van der Waals surface area (Å²) in [7, 11) is 0. The second-order valence-electron chi connectivity index (χ2n) is 5.75. The molecule has 3 nitrogen and oxygen atoms in total. The molecule has 0 unspecified atom stereocenters. The number of nitrogens with zero attached hydrogens (tertiary/aromatic N) is 2. The van der Waals surface area contributed by atoms with E-state index >= 15 is 0 Å². The third-order valence-electron chi connectivity index (χ3n) is 3.80. The molecule has 1 N–H and O–H groups in total. The first-order valence-corrected chi connectivity index (χ1v) is 9.22. The summed E-state index contributed by atoms with van der Waals surface area (Å²) in [4.78, 5) is 6.24. The molecule has 0 saturated heterocycles. The lowest BCUT2D eigenvalue weighted by Gasteiger charge is -2.26. The molecular formula is C20H17Cl2N3S. The van der Waals surface area contributed by atoms with E-state index < -0.39 is 0 Å². The van der Waals surface area contributed by atoms with Crippen LogP contribution in [0.5, 0.6) is 0 Å². The SMILES string of the molecule is S=C(Nc1ccc(Cl)cc1)N(Cc1cccnc1)Cc1ccccc1Cl. The van der Waals surface area contributed by atoms with Gasteiger partial charge in [-0.1, -0.05) is 47.5 Å². The van der Waals surface area contributed by atoms with Crippen LogP contribution in [0.3, 0.4) is 0 Å². The maximum atomic E-state index is 6.34. The van der Waals surface area contributed by atoms with Gasteiger partial charge in [0, 0.05) is 41.2 Å². The zero-order valence-corrected chi connectivity index (χ0v) is 16.2. The number of hydrogen-bond donors (Lipinski definition) is 1. The lowest BCUT2D eigenvalue weighted by atomic mass is 10.2. The van der Waals surface area contributed by atoms with Gasteiger partial charge in [0.05, 0.1) is 0 Å². The summed E-state index contributed by atoms with van der Waals surface area (Å²) in [5.41, 5.74) is 2.97. The molecule has 0 aliphatic heterocycles. The summed E-state index contributed by atoms with van der Waals surface area (Å²) in [6.07, 6.45) is 3.59. The highest BCUT2D eigenvalue weighted by Crippen LogP contribution is 2.20. The average molecular weight is 402 g/mol. The van der Waals surface area contributed by atoms with Gasteiger partial charge in [-0.2, -0.15) is 0 Å². The maximum Gasteiger partial charge on any atom is 0.174 e. The molecule has 1 aromatic heterocycles. The van der Waals surface area contributed by atoms with Crippen LogP contribution in [0, 0.1) is 0 Å². The fourth-order valence-corrected chi connectivity index (χ4v) is 3.05. The Morgan fingerprint density at radius 2 is 1.73 bits per heavy atom. The van der Waals surface area contributed by atoms with Crippen LogP contribution in [0.4, 0.5) is 5.69 Å². The number of hydrogen-bond acceptors (Lipinski definition) is 2. The van der Waals surface area contributed by atoms with E-state index in [0.29, 0.717) is 23.2 Å². The number of anilines is 1. The summed E-state index contributed by atoms with van der Waals surface area (Å²) in [6, 6.07) is 19.2. The number of benzene rings is 2.